The van der Waals surface area contributed by atoms with Gasteiger partial charge in [0.1, 0.15) is 0 Å². The first-order valence-electron chi connectivity index (χ1n) is 31.8. The van der Waals surface area contributed by atoms with Crippen molar-refractivity contribution in [2.75, 3.05) is 9.80 Å². The first-order chi connectivity index (χ1) is 41.8. The van der Waals surface area contributed by atoms with Crippen LogP contribution in [-0.2, 0) is 32.5 Å². The maximum absolute atomic E-state index is 7.54. The van der Waals surface area contributed by atoms with Crippen LogP contribution in [0.3, 0.4) is 0 Å². The van der Waals surface area contributed by atoms with Crippen LogP contribution < -0.4 is 26.2 Å². The Bertz CT molecular complexity index is 4290. The Morgan fingerprint density at radius 2 is 0.663 bits per heavy atom. The fourth-order valence-corrected chi connectivity index (χ4v) is 13.6. The fourth-order valence-electron chi connectivity index (χ4n) is 13.2. The second kappa shape index (κ2) is 22.1. The fraction of sp³-hybridized carbons (Fsp3) is 0.289. The Morgan fingerprint density at radius 3 is 1.03 bits per heavy atom. The monoisotopic (exact) mass is 1210 g/mol. The standard InChI is InChI=1S/C83H86BCl2N3/c1-78(2,3)56-40-54(41-57(44-56)79(4,5)6)55-42-71-74-72(43-55)89(76-65(53-32-26-21-27-33-53)47-59(81(10,11)12)48-66(76)62-36-39-73(82(13,14)15)87-77(62)83(16,17)18)70-50-61(86)35-38-68(70)84(74)67-37-34-60(85)49-69(67)88(71)75-63(51-28-22-19-23-29-51)45-58(80(7,8)9)46-64(75)52-30-24-20-25-31-52/h19-50H,1-18H3. The second-order valence-corrected chi connectivity index (χ2v) is 32.1. The van der Waals surface area contributed by atoms with Gasteiger partial charge in [-0.3, -0.25) is 4.98 Å². The quantitative estimate of drug-likeness (QED) is 0.148. The number of fused-ring (bicyclic) bond motifs is 4. The Morgan fingerprint density at radius 1 is 0.303 bits per heavy atom. The Hall–Kier alpha value is -7.63. The molecule has 0 atom stereocenters. The molecule has 0 aliphatic carbocycles. The van der Waals surface area contributed by atoms with Crippen LogP contribution in [0.5, 0.6) is 0 Å². The average molecular weight is 1210 g/mol. The van der Waals surface area contributed by atoms with Crippen LogP contribution in [0.15, 0.2) is 194 Å². The zero-order chi connectivity index (χ0) is 63.7. The number of pyridine rings is 1. The summed E-state index contributed by atoms with van der Waals surface area (Å²) in [5.41, 5.74) is 27.1. The van der Waals surface area contributed by atoms with Crippen molar-refractivity contribution in [3.05, 3.63) is 238 Å². The van der Waals surface area contributed by atoms with E-state index in [0.717, 1.165) is 112 Å². The molecule has 0 bridgehead atoms. The van der Waals surface area contributed by atoms with Gasteiger partial charge in [-0.2, -0.15) is 0 Å². The lowest BCUT2D eigenvalue weighted by Gasteiger charge is -2.46. The lowest BCUT2D eigenvalue weighted by molar-refractivity contribution is 0.532. The maximum atomic E-state index is 7.54. The molecule has 0 unspecified atom stereocenters. The molecule has 89 heavy (non-hydrogen) atoms. The molecule has 0 fully saturated rings. The smallest absolute Gasteiger partial charge is 0.252 e. The van der Waals surface area contributed by atoms with Crippen LogP contribution in [-0.4, -0.2) is 11.7 Å². The van der Waals surface area contributed by atoms with Crippen LogP contribution in [0.1, 0.15) is 158 Å². The number of halogens is 2. The van der Waals surface area contributed by atoms with Crippen LogP contribution in [0.2, 0.25) is 10.0 Å². The van der Waals surface area contributed by atoms with E-state index in [1.54, 1.807) is 0 Å². The summed E-state index contributed by atoms with van der Waals surface area (Å²) in [4.78, 5) is 11.0. The third-order valence-corrected chi connectivity index (χ3v) is 18.8. The van der Waals surface area contributed by atoms with Crippen LogP contribution in [0.25, 0.3) is 55.6 Å². The molecule has 3 heterocycles. The minimum Gasteiger partial charge on any atom is -0.310 e. The van der Waals surface area contributed by atoms with E-state index < -0.39 is 0 Å². The Balaban J connectivity index is 1.33. The third-order valence-electron chi connectivity index (χ3n) is 18.3. The van der Waals surface area contributed by atoms with E-state index >= 15 is 0 Å². The van der Waals surface area contributed by atoms with E-state index in [1.165, 1.54) is 27.7 Å². The van der Waals surface area contributed by atoms with Crippen molar-refractivity contribution < 1.29 is 0 Å². The number of hydrogen-bond acceptors (Lipinski definition) is 3. The highest BCUT2D eigenvalue weighted by Gasteiger charge is 2.46. The summed E-state index contributed by atoms with van der Waals surface area (Å²) in [7, 11) is 0. The van der Waals surface area contributed by atoms with E-state index in [2.05, 4.69) is 329 Å². The van der Waals surface area contributed by atoms with E-state index in [-0.39, 0.29) is 39.2 Å². The van der Waals surface area contributed by atoms with Gasteiger partial charge in [-0.15, -0.1) is 0 Å². The molecule has 0 N–H and O–H groups in total. The summed E-state index contributed by atoms with van der Waals surface area (Å²) in [5.74, 6) is 0. The molecule has 450 valence electrons. The van der Waals surface area contributed by atoms with Gasteiger partial charge in [0, 0.05) is 77.1 Å². The summed E-state index contributed by atoms with van der Waals surface area (Å²) in [6.07, 6.45) is 0. The molecule has 0 saturated heterocycles. The van der Waals surface area contributed by atoms with Gasteiger partial charge < -0.3 is 9.80 Å². The molecule has 1 aromatic heterocycles. The molecule has 2 aliphatic heterocycles. The first-order valence-corrected chi connectivity index (χ1v) is 32.6. The summed E-state index contributed by atoms with van der Waals surface area (Å²) in [6.45, 7) is 41.5. The van der Waals surface area contributed by atoms with Gasteiger partial charge in [-0.1, -0.05) is 275 Å². The summed E-state index contributed by atoms with van der Waals surface area (Å²) < 4.78 is 0. The number of aromatic nitrogens is 1. The van der Waals surface area contributed by atoms with Crippen molar-refractivity contribution in [3.8, 4) is 55.6 Å². The molecule has 10 aromatic rings. The Labute approximate surface area is 542 Å². The van der Waals surface area contributed by atoms with E-state index in [9.17, 15) is 0 Å². The van der Waals surface area contributed by atoms with Crippen molar-refractivity contribution in [2.24, 2.45) is 0 Å². The van der Waals surface area contributed by atoms with Gasteiger partial charge in [0.05, 0.1) is 17.1 Å². The van der Waals surface area contributed by atoms with Gasteiger partial charge in [-0.05, 0) is 155 Å². The molecule has 0 radical (unpaired) electrons. The second-order valence-electron chi connectivity index (χ2n) is 31.3. The van der Waals surface area contributed by atoms with Crippen molar-refractivity contribution in [1.82, 2.24) is 4.98 Å². The third kappa shape index (κ3) is 11.5. The number of nitrogens with zero attached hydrogens (tertiary/aromatic N) is 3. The largest absolute Gasteiger partial charge is 0.310 e. The number of benzene rings is 9. The molecule has 3 nitrogen and oxygen atoms in total. The van der Waals surface area contributed by atoms with Crippen molar-refractivity contribution >= 4 is 80.4 Å². The van der Waals surface area contributed by atoms with Crippen molar-refractivity contribution in [3.63, 3.8) is 0 Å². The average Bonchev–Trinajstić information content (AvgIpc) is 0.693. The topological polar surface area (TPSA) is 19.4 Å². The highest BCUT2D eigenvalue weighted by molar-refractivity contribution is 7.00. The molecule has 12 rings (SSSR count). The molecule has 9 aromatic carbocycles. The summed E-state index contributed by atoms with van der Waals surface area (Å²) in [5, 5.41) is 1.33. The highest BCUT2D eigenvalue weighted by Crippen LogP contribution is 2.56. The Kier molecular flexibility index (Phi) is 15.3. The lowest BCUT2D eigenvalue weighted by Crippen LogP contribution is -2.61. The van der Waals surface area contributed by atoms with Crippen LogP contribution in [0, 0.1) is 0 Å². The summed E-state index contributed by atoms with van der Waals surface area (Å²) >= 11 is 15.0. The molecule has 2 aliphatic rings. The molecule has 6 heteroatoms. The van der Waals surface area contributed by atoms with Crippen LogP contribution >= 0.6 is 23.2 Å². The van der Waals surface area contributed by atoms with Crippen molar-refractivity contribution in [1.29, 1.82) is 0 Å². The normalized spacial score (nSPS) is 13.6. The predicted molar refractivity (Wildman–Crippen MR) is 388 cm³/mol. The molecular formula is C83H86BCl2N3. The first kappa shape index (κ1) is 61.6. The molecule has 0 amide bonds. The minimum absolute atomic E-state index is 0.146. The SMILES string of the molecule is CC(C)(C)c1cc(-c2cc3c4c(c2)N(c2c(-c5ccccc5)cc(C(C)(C)C)cc2-c2ccc(C(C)(C)C)nc2C(C)(C)C)c2cc(Cl)ccc2B4c2ccc(Cl)cc2N3c2c(-c3ccccc3)cc(C(C)(C)C)cc2-c2ccccc2)cc(C(C)(C)C)c1. The van der Waals surface area contributed by atoms with E-state index in [0.29, 0.717) is 10.0 Å². The number of anilines is 6. The van der Waals surface area contributed by atoms with Gasteiger partial charge in [0.2, 0.25) is 0 Å². The van der Waals surface area contributed by atoms with E-state index in [1.807, 2.05) is 0 Å². The van der Waals surface area contributed by atoms with Crippen molar-refractivity contribution in [2.45, 2.75) is 157 Å². The molecular weight excluding hydrogens is 1120 g/mol. The minimum atomic E-state index is -0.338. The highest BCUT2D eigenvalue weighted by atomic mass is 35.5. The van der Waals surface area contributed by atoms with Gasteiger partial charge in [-0.25, -0.2) is 0 Å². The zero-order valence-corrected chi connectivity index (χ0v) is 57.2. The predicted octanol–water partition coefficient (Wildman–Crippen LogP) is 22.6. The van der Waals surface area contributed by atoms with Gasteiger partial charge in [0.15, 0.2) is 0 Å². The zero-order valence-electron chi connectivity index (χ0n) is 55.7. The maximum Gasteiger partial charge on any atom is 0.252 e. The van der Waals surface area contributed by atoms with Crippen LogP contribution in [0.4, 0.5) is 34.1 Å². The molecule has 0 saturated carbocycles. The van der Waals surface area contributed by atoms with Gasteiger partial charge >= 0.3 is 0 Å². The van der Waals surface area contributed by atoms with E-state index in [4.69, 9.17) is 28.2 Å². The summed E-state index contributed by atoms with van der Waals surface area (Å²) in [6, 6.07) is 73.1. The number of hydrogen-bond donors (Lipinski definition) is 0. The number of rotatable bonds is 7. The molecule has 0 spiro atoms. The van der Waals surface area contributed by atoms with Gasteiger partial charge in [0.25, 0.3) is 6.71 Å². The lowest BCUT2D eigenvalue weighted by atomic mass is 9.33.